The van der Waals surface area contributed by atoms with Crippen molar-refractivity contribution in [1.29, 1.82) is 5.26 Å². The molecule has 4 heteroatoms. The summed E-state index contributed by atoms with van der Waals surface area (Å²) in [6.45, 7) is 6.25. The van der Waals surface area contributed by atoms with E-state index in [4.69, 9.17) is 5.26 Å². The number of aryl methyl sites for hydroxylation is 3. The summed E-state index contributed by atoms with van der Waals surface area (Å²) in [5.74, 6) is 0.724. The standard InChI is InChI=1S/C15H16N4/c1-10-5-11(2)15(12(3)6-10)19(4)14-7-13(8-16)17-9-18-14/h5-7,9H,1-4H3. The van der Waals surface area contributed by atoms with Gasteiger partial charge in [-0.3, -0.25) is 0 Å². The number of nitrogens with zero attached hydrogens (tertiary/aromatic N) is 4. The van der Waals surface area contributed by atoms with E-state index in [9.17, 15) is 0 Å². The summed E-state index contributed by atoms with van der Waals surface area (Å²) < 4.78 is 0. The number of benzene rings is 1. The van der Waals surface area contributed by atoms with Crippen LogP contribution in [0, 0.1) is 32.1 Å². The number of rotatable bonds is 2. The van der Waals surface area contributed by atoms with E-state index >= 15 is 0 Å². The first-order valence-corrected chi connectivity index (χ1v) is 6.06. The molecule has 0 saturated carbocycles. The van der Waals surface area contributed by atoms with Gasteiger partial charge in [-0.25, -0.2) is 9.97 Å². The van der Waals surface area contributed by atoms with Gasteiger partial charge in [0, 0.05) is 18.8 Å². The van der Waals surface area contributed by atoms with Gasteiger partial charge in [-0.15, -0.1) is 0 Å². The van der Waals surface area contributed by atoms with Gasteiger partial charge >= 0.3 is 0 Å². The van der Waals surface area contributed by atoms with E-state index in [-0.39, 0.29) is 0 Å². The van der Waals surface area contributed by atoms with Gasteiger partial charge in [0.25, 0.3) is 0 Å². The third-order valence-corrected chi connectivity index (χ3v) is 3.08. The van der Waals surface area contributed by atoms with E-state index in [2.05, 4.69) is 42.9 Å². The fraction of sp³-hybridized carbons (Fsp3) is 0.267. The number of hydrogen-bond acceptors (Lipinski definition) is 4. The number of aromatic nitrogens is 2. The van der Waals surface area contributed by atoms with Gasteiger partial charge in [0.15, 0.2) is 0 Å². The molecule has 2 rings (SSSR count). The largest absolute Gasteiger partial charge is 0.329 e. The van der Waals surface area contributed by atoms with E-state index < -0.39 is 0 Å². The van der Waals surface area contributed by atoms with Crippen molar-refractivity contribution in [2.75, 3.05) is 11.9 Å². The van der Waals surface area contributed by atoms with E-state index in [1.807, 2.05) is 18.0 Å². The second-order valence-electron chi connectivity index (χ2n) is 4.68. The topological polar surface area (TPSA) is 52.8 Å². The molecule has 0 unspecified atom stereocenters. The smallest absolute Gasteiger partial charge is 0.145 e. The zero-order valence-electron chi connectivity index (χ0n) is 11.6. The Morgan fingerprint density at radius 1 is 1.05 bits per heavy atom. The third-order valence-electron chi connectivity index (χ3n) is 3.08. The normalized spacial score (nSPS) is 10.1. The maximum absolute atomic E-state index is 8.90. The van der Waals surface area contributed by atoms with Crippen LogP contribution >= 0.6 is 0 Å². The highest BCUT2D eigenvalue weighted by atomic mass is 15.2. The Kier molecular flexibility index (Phi) is 3.48. The van der Waals surface area contributed by atoms with Crippen LogP contribution in [-0.2, 0) is 0 Å². The van der Waals surface area contributed by atoms with Crippen molar-refractivity contribution in [3.8, 4) is 6.07 Å². The molecule has 0 atom stereocenters. The molecule has 2 aromatic rings. The third kappa shape index (κ3) is 2.55. The molecule has 1 aromatic carbocycles. The van der Waals surface area contributed by atoms with Gasteiger partial charge in [-0.05, 0) is 31.9 Å². The molecule has 0 amide bonds. The number of anilines is 2. The lowest BCUT2D eigenvalue weighted by Gasteiger charge is -2.23. The Morgan fingerprint density at radius 3 is 2.26 bits per heavy atom. The summed E-state index contributed by atoms with van der Waals surface area (Å²) in [5, 5.41) is 8.90. The average molecular weight is 252 g/mol. The van der Waals surface area contributed by atoms with Crippen LogP contribution in [-0.4, -0.2) is 17.0 Å². The molecule has 0 N–H and O–H groups in total. The summed E-state index contributed by atoms with van der Waals surface area (Å²) in [7, 11) is 1.95. The fourth-order valence-electron chi connectivity index (χ4n) is 2.41. The molecule has 0 spiro atoms. The van der Waals surface area contributed by atoms with Gasteiger partial charge < -0.3 is 4.90 Å². The van der Waals surface area contributed by atoms with Crippen LogP contribution in [0.5, 0.6) is 0 Å². The first-order chi connectivity index (χ1) is 9.02. The van der Waals surface area contributed by atoms with Crippen molar-refractivity contribution in [2.24, 2.45) is 0 Å². The minimum atomic E-state index is 0.374. The Hall–Kier alpha value is -2.41. The molecule has 19 heavy (non-hydrogen) atoms. The predicted molar refractivity (Wildman–Crippen MR) is 75.5 cm³/mol. The lowest BCUT2D eigenvalue weighted by atomic mass is 10.0. The van der Waals surface area contributed by atoms with Crippen molar-refractivity contribution in [3.05, 3.63) is 46.9 Å². The molecule has 1 aromatic heterocycles. The van der Waals surface area contributed by atoms with Crippen LogP contribution in [0.2, 0.25) is 0 Å². The molecule has 4 nitrogen and oxygen atoms in total. The highest BCUT2D eigenvalue weighted by Gasteiger charge is 2.12. The van der Waals surface area contributed by atoms with Gasteiger partial charge in [0.2, 0.25) is 0 Å². The number of nitriles is 1. The Labute approximate surface area is 113 Å². The minimum absolute atomic E-state index is 0.374. The molecule has 96 valence electrons. The summed E-state index contributed by atoms with van der Waals surface area (Å²) >= 11 is 0. The molecule has 0 fully saturated rings. The highest BCUT2D eigenvalue weighted by Crippen LogP contribution is 2.29. The van der Waals surface area contributed by atoms with Gasteiger partial charge in [-0.2, -0.15) is 5.26 Å². The van der Waals surface area contributed by atoms with Crippen LogP contribution in [0.3, 0.4) is 0 Å². The monoisotopic (exact) mass is 252 g/mol. The van der Waals surface area contributed by atoms with Crippen LogP contribution in [0.1, 0.15) is 22.4 Å². The molecule has 1 heterocycles. The second-order valence-corrected chi connectivity index (χ2v) is 4.68. The van der Waals surface area contributed by atoms with Crippen molar-refractivity contribution < 1.29 is 0 Å². The summed E-state index contributed by atoms with van der Waals surface area (Å²) in [5.41, 5.74) is 5.12. The summed E-state index contributed by atoms with van der Waals surface area (Å²) in [4.78, 5) is 10.1. The van der Waals surface area contributed by atoms with Crippen molar-refractivity contribution >= 4 is 11.5 Å². The molecule has 0 aliphatic rings. The maximum Gasteiger partial charge on any atom is 0.145 e. The van der Waals surface area contributed by atoms with E-state index in [1.54, 1.807) is 6.07 Å². The lowest BCUT2D eigenvalue weighted by molar-refractivity contribution is 1.05. The molecule has 0 bridgehead atoms. The van der Waals surface area contributed by atoms with E-state index in [1.165, 1.54) is 23.0 Å². The average Bonchev–Trinajstić information content (AvgIpc) is 2.37. The Balaban J connectivity index is 2.50. The quantitative estimate of drug-likeness (QED) is 0.824. The minimum Gasteiger partial charge on any atom is -0.329 e. The van der Waals surface area contributed by atoms with Crippen molar-refractivity contribution in [3.63, 3.8) is 0 Å². The fourth-order valence-corrected chi connectivity index (χ4v) is 2.41. The molecular formula is C15H16N4. The van der Waals surface area contributed by atoms with Crippen LogP contribution in [0.25, 0.3) is 0 Å². The first kappa shape index (κ1) is 13.0. The highest BCUT2D eigenvalue weighted by molar-refractivity contribution is 5.67. The Bertz CT molecular complexity index is 632. The van der Waals surface area contributed by atoms with Crippen LogP contribution < -0.4 is 4.90 Å². The van der Waals surface area contributed by atoms with Crippen molar-refractivity contribution in [1.82, 2.24) is 9.97 Å². The molecule has 0 aliphatic carbocycles. The summed E-state index contributed by atoms with van der Waals surface area (Å²) in [6.07, 6.45) is 1.42. The molecule has 0 saturated heterocycles. The Morgan fingerprint density at radius 2 is 1.68 bits per heavy atom. The predicted octanol–water partition coefficient (Wildman–Crippen LogP) is 3.04. The van der Waals surface area contributed by atoms with Gasteiger partial charge in [0.1, 0.15) is 23.9 Å². The first-order valence-electron chi connectivity index (χ1n) is 6.06. The maximum atomic E-state index is 8.90. The molecule has 0 radical (unpaired) electrons. The second kappa shape index (κ2) is 5.07. The van der Waals surface area contributed by atoms with Crippen molar-refractivity contribution in [2.45, 2.75) is 20.8 Å². The van der Waals surface area contributed by atoms with Gasteiger partial charge in [0.05, 0.1) is 0 Å². The SMILES string of the molecule is Cc1cc(C)c(N(C)c2cc(C#N)ncn2)c(C)c1. The number of hydrogen-bond donors (Lipinski definition) is 0. The van der Waals surface area contributed by atoms with E-state index in [0.29, 0.717) is 5.69 Å². The summed E-state index contributed by atoms with van der Waals surface area (Å²) in [6, 6.07) is 8.02. The zero-order valence-corrected chi connectivity index (χ0v) is 11.6. The van der Waals surface area contributed by atoms with Crippen LogP contribution in [0.4, 0.5) is 11.5 Å². The van der Waals surface area contributed by atoms with E-state index in [0.717, 1.165) is 11.5 Å². The van der Waals surface area contributed by atoms with Gasteiger partial charge in [-0.1, -0.05) is 17.7 Å². The van der Waals surface area contributed by atoms with Crippen LogP contribution in [0.15, 0.2) is 24.5 Å². The lowest BCUT2D eigenvalue weighted by Crippen LogP contribution is -2.14. The zero-order chi connectivity index (χ0) is 14.0. The molecule has 0 aliphatic heterocycles. The molecular weight excluding hydrogens is 236 g/mol.